The minimum Gasteiger partial charge on any atom is -0.493 e. The first-order chi connectivity index (χ1) is 15.4. The Morgan fingerprint density at radius 3 is 2.47 bits per heavy atom. The van der Waals surface area contributed by atoms with Crippen molar-refractivity contribution >= 4 is 22.9 Å². The zero-order valence-electron chi connectivity index (χ0n) is 18.1. The number of hydrogen-bond donors (Lipinski definition) is 1. The Labute approximate surface area is 188 Å². The maximum Gasteiger partial charge on any atom is 0.295 e. The average Bonchev–Trinajstić information content (AvgIpc) is 3.39. The normalized spacial score (nSPS) is 10.8. The van der Waals surface area contributed by atoms with Crippen molar-refractivity contribution in [2.75, 3.05) is 19.5 Å². The quantitative estimate of drug-likeness (QED) is 0.482. The molecular weight excluding hydrogens is 428 g/mol. The minimum absolute atomic E-state index is 0.224. The highest BCUT2D eigenvalue weighted by Crippen LogP contribution is 2.33. The fourth-order valence-electron chi connectivity index (χ4n) is 3.37. The van der Waals surface area contributed by atoms with Crippen LogP contribution in [0, 0.1) is 6.92 Å². The first-order valence-corrected chi connectivity index (χ1v) is 10.7. The van der Waals surface area contributed by atoms with E-state index in [0.29, 0.717) is 27.9 Å². The van der Waals surface area contributed by atoms with Gasteiger partial charge in [0.15, 0.2) is 11.5 Å². The molecule has 0 atom stereocenters. The van der Waals surface area contributed by atoms with Gasteiger partial charge < -0.3 is 14.8 Å². The lowest BCUT2D eigenvalue weighted by molar-refractivity contribution is 0.102. The van der Waals surface area contributed by atoms with Crippen LogP contribution in [0.15, 0.2) is 58.7 Å². The molecule has 2 aromatic heterocycles. The molecule has 0 radical (unpaired) electrons. The van der Waals surface area contributed by atoms with Crippen LogP contribution >= 0.6 is 11.3 Å². The summed E-state index contributed by atoms with van der Waals surface area (Å²) in [7, 11) is 4.91. The predicted octanol–water partition coefficient (Wildman–Crippen LogP) is 3.88. The molecule has 0 saturated heterocycles. The Bertz CT molecular complexity index is 1340. The first kappa shape index (κ1) is 21.4. The van der Waals surface area contributed by atoms with Gasteiger partial charge in [0.05, 0.1) is 25.6 Å². The highest BCUT2D eigenvalue weighted by atomic mass is 32.1. The molecule has 8 nitrogen and oxygen atoms in total. The second-order valence-electron chi connectivity index (χ2n) is 7.00. The third-order valence-corrected chi connectivity index (χ3v) is 6.05. The van der Waals surface area contributed by atoms with E-state index in [1.807, 2.05) is 36.4 Å². The molecule has 0 fully saturated rings. The van der Waals surface area contributed by atoms with E-state index in [2.05, 4.69) is 10.3 Å². The predicted molar refractivity (Wildman–Crippen MR) is 124 cm³/mol. The van der Waals surface area contributed by atoms with Crippen LogP contribution in [0.3, 0.4) is 0 Å². The molecule has 4 aromatic rings. The molecule has 0 unspecified atom stereocenters. The van der Waals surface area contributed by atoms with Crippen LogP contribution in [0.5, 0.6) is 11.5 Å². The summed E-state index contributed by atoms with van der Waals surface area (Å²) in [6.45, 7) is 1.78. The molecule has 0 bridgehead atoms. The summed E-state index contributed by atoms with van der Waals surface area (Å²) in [5, 5.41) is 5.05. The van der Waals surface area contributed by atoms with Crippen LogP contribution in [0.2, 0.25) is 0 Å². The fraction of sp³-hybridized carbons (Fsp3) is 0.174. The van der Waals surface area contributed by atoms with E-state index in [9.17, 15) is 9.59 Å². The van der Waals surface area contributed by atoms with E-state index in [1.165, 1.54) is 16.0 Å². The van der Waals surface area contributed by atoms with Gasteiger partial charge in [-0.3, -0.25) is 14.3 Å². The Balaban J connectivity index is 1.62. The average molecular weight is 451 g/mol. The van der Waals surface area contributed by atoms with Crippen LogP contribution in [0.1, 0.15) is 16.2 Å². The van der Waals surface area contributed by atoms with E-state index < -0.39 is 5.91 Å². The molecule has 2 aromatic carbocycles. The van der Waals surface area contributed by atoms with Crippen molar-refractivity contribution in [1.82, 2.24) is 14.3 Å². The number of nitrogens with zero attached hydrogens (tertiary/aromatic N) is 3. The summed E-state index contributed by atoms with van der Waals surface area (Å²) in [6, 6.07) is 14.7. The van der Waals surface area contributed by atoms with E-state index >= 15 is 0 Å². The van der Waals surface area contributed by atoms with Crippen molar-refractivity contribution in [2.45, 2.75) is 6.92 Å². The van der Waals surface area contributed by atoms with E-state index in [4.69, 9.17) is 9.47 Å². The molecule has 0 spiro atoms. The van der Waals surface area contributed by atoms with Crippen LogP contribution in [0.25, 0.3) is 16.3 Å². The zero-order chi connectivity index (χ0) is 22.8. The minimum atomic E-state index is -0.445. The first-order valence-electron chi connectivity index (χ1n) is 9.78. The van der Waals surface area contributed by atoms with Crippen molar-refractivity contribution < 1.29 is 14.3 Å². The topological polar surface area (TPSA) is 87.4 Å². The Morgan fingerprint density at radius 1 is 1.06 bits per heavy atom. The maximum absolute atomic E-state index is 13.0. The molecule has 1 N–H and O–H groups in total. The molecular formula is C23H22N4O4S. The van der Waals surface area contributed by atoms with Crippen LogP contribution in [-0.4, -0.2) is 34.5 Å². The van der Waals surface area contributed by atoms with Crippen molar-refractivity contribution in [3.63, 3.8) is 0 Å². The number of anilines is 1. The van der Waals surface area contributed by atoms with Gasteiger partial charge in [0, 0.05) is 18.0 Å². The second kappa shape index (κ2) is 8.72. The van der Waals surface area contributed by atoms with E-state index in [-0.39, 0.29) is 16.9 Å². The Kier molecular flexibility index (Phi) is 5.83. The lowest BCUT2D eigenvalue weighted by Crippen LogP contribution is -2.23. The molecule has 164 valence electrons. The lowest BCUT2D eigenvalue weighted by Gasteiger charge is -2.08. The van der Waals surface area contributed by atoms with Gasteiger partial charge in [0.1, 0.15) is 16.4 Å². The summed E-state index contributed by atoms with van der Waals surface area (Å²) >= 11 is 1.33. The van der Waals surface area contributed by atoms with Gasteiger partial charge >= 0.3 is 0 Å². The highest BCUT2D eigenvalue weighted by molar-refractivity contribution is 7.13. The summed E-state index contributed by atoms with van der Waals surface area (Å²) in [5.74, 6) is 0.742. The lowest BCUT2D eigenvalue weighted by atomic mass is 10.2. The smallest absolute Gasteiger partial charge is 0.295 e. The van der Waals surface area contributed by atoms with Gasteiger partial charge in [-0.15, -0.1) is 11.3 Å². The summed E-state index contributed by atoms with van der Waals surface area (Å²) in [4.78, 5) is 30.3. The largest absolute Gasteiger partial charge is 0.493 e. The summed E-state index contributed by atoms with van der Waals surface area (Å²) < 4.78 is 13.8. The van der Waals surface area contributed by atoms with Crippen molar-refractivity contribution in [2.24, 2.45) is 7.05 Å². The molecule has 2 heterocycles. The number of carbonyl (C=O) groups excluding carboxylic acids is 1. The number of benzene rings is 2. The number of thiazole rings is 1. The van der Waals surface area contributed by atoms with Gasteiger partial charge in [-0.2, -0.15) is 0 Å². The molecule has 32 heavy (non-hydrogen) atoms. The Hall–Kier alpha value is -3.85. The van der Waals surface area contributed by atoms with Gasteiger partial charge in [-0.25, -0.2) is 9.67 Å². The monoisotopic (exact) mass is 450 g/mol. The number of carbonyl (C=O) groups is 1. The molecule has 0 aliphatic carbocycles. The van der Waals surface area contributed by atoms with Gasteiger partial charge in [0.2, 0.25) is 0 Å². The molecule has 1 amide bonds. The van der Waals surface area contributed by atoms with Crippen molar-refractivity contribution in [1.29, 1.82) is 0 Å². The van der Waals surface area contributed by atoms with Crippen LogP contribution in [0.4, 0.5) is 5.69 Å². The van der Waals surface area contributed by atoms with Gasteiger partial charge in [-0.1, -0.05) is 18.2 Å². The number of amides is 1. The Morgan fingerprint density at radius 2 is 1.78 bits per heavy atom. The summed E-state index contributed by atoms with van der Waals surface area (Å²) in [6.07, 6.45) is 0. The molecule has 0 aliphatic rings. The van der Waals surface area contributed by atoms with E-state index in [1.54, 1.807) is 50.4 Å². The van der Waals surface area contributed by atoms with E-state index in [0.717, 1.165) is 5.56 Å². The number of methoxy groups -OCH3 is 2. The molecule has 4 rings (SSSR count). The van der Waals surface area contributed by atoms with Crippen molar-refractivity contribution in [3.05, 3.63) is 75.7 Å². The number of hydrogen-bond acceptors (Lipinski definition) is 6. The van der Waals surface area contributed by atoms with Crippen LogP contribution < -0.4 is 20.3 Å². The SMILES string of the molecule is COc1ccc(-c2nc(C(=O)Nc3c(C)n(C)n(-c4ccccc4)c3=O)cs2)cc1OC. The molecule has 0 saturated carbocycles. The second-order valence-corrected chi connectivity index (χ2v) is 7.86. The van der Waals surface area contributed by atoms with Gasteiger partial charge in [0.25, 0.3) is 11.5 Å². The summed E-state index contributed by atoms with van der Waals surface area (Å²) in [5.41, 5.74) is 2.31. The van der Waals surface area contributed by atoms with Crippen LogP contribution in [-0.2, 0) is 7.05 Å². The maximum atomic E-state index is 13.0. The number of para-hydroxylation sites is 1. The fourth-order valence-corrected chi connectivity index (χ4v) is 4.17. The zero-order valence-corrected chi connectivity index (χ0v) is 18.9. The molecule has 0 aliphatic heterocycles. The number of rotatable bonds is 6. The number of aromatic nitrogens is 3. The number of nitrogens with one attached hydrogen (secondary N) is 1. The van der Waals surface area contributed by atoms with Gasteiger partial charge in [-0.05, 0) is 37.3 Å². The number of ether oxygens (including phenoxy) is 2. The molecule has 9 heteroatoms. The highest BCUT2D eigenvalue weighted by Gasteiger charge is 2.20. The third kappa shape index (κ3) is 3.78. The van der Waals surface area contributed by atoms with Crippen molar-refractivity contribution in [3.8, 4) is 27.8 Å². The standard InChI is InChI=1S/C23H22N4O4S/c1-14-20(23(29)27(26(14)2)16-8-6-5-7-9-16)25-21(28)17-13-32-22(24-17)15-10-11-18(30-3)19(12-15)31-4/h5-13H,1-4H3,(H,25,28). The third-order valence-electron chi connectivity index (χ3n) is 5.16.